The molecule has 2 rings (SSSR count). The van der Waals surface area contributed by atoms with Crippen molar-refractivity contribution in [3.63, 3.8) is 0 Å². The molecule has 1 atom stereocenters. The van der Waals surface area contributed by atoms with Gasteiger partial charge in [-0.15, -0.1) is 0 Å². The average Bonchev–Trinajstić information content (AvgIpc) is 2.41. The molecular formula is C14H17N3O. The Morgan fingerprint density at radius 2 is 2.11 bits per heavy atom. The summed E-state index contributed by atoms with van der Waals surface area (Å²) in [5, 5.41) is 0. The summed E-state index contributed by atoms with van der Waals surface area (Å²) in [4.78, 5) is 4.06. The van der Waals surface area contributed by atoms with E-state index in [-0.39, 0.29) is 6.04 Å². The third-order valence-corrected chi connectivity index (χ3v) is 2.89. The van der Waals surface area contributed by atoms with Crippen LogP contribution in [0.1, 0.15) is 17.2 Å². The molecule has 0 spiro atoms. The largest absolute Gasteiger partial charge is 0.497 e. The van der Waals surface area contributed by atoms with Crippen molar-refractivity contribution in [3.05, 3.63) is 53.7 Å². The van der Waals surface area contributed by atoms with Gasteiger partial charge >= 0.3 is 0 Å². The Morgan fingerprint density at radius 1 is 1.28 bits per heavy atom. The van der Waals surface area contributed by atoms with E-state index < -0.39 is 0 Å². The Morgan fingerprint density at radius 3 is 2.83 bits per heavy atom. The van der Waals surface area contributed by atoms with E-state index in [2.05, 4.69) is 4.98 Å². The number of nitrogen functional groups attached to an aromatic ring is 1. The molecule has 4 heteroatoms. The number of hydrogen-bond donors (Lipinski definition) is 2. The highest BCUT2D eigenvalue weighted by molar-refractivity contribution is 5.40. The third kappa shape index (κ3) is 2.78. The van der Waals surface area contributed by atoms with E-state index in [1.807, 2.05) is 36.4 Å². The molecule has 4 N–H and O–H groups in total. The van der Waals surface area contributed by atoms with Crippen LogP contribution in [0.15, 0.2) is 42.6 Å². The first-order valence-corrected chi connectivity index (χ1v) is 5.79. The van der Waals surface area contributed by atoms with Crippen molar-refractivity contribution in [1.29, 1.82) is 0 Å². The lowest BCUT2D eigenvalue weighted by Crippen LogP contribution is -2.14. The van der Waals surface area contributed by atoms with Gasteiger partial charge in [-0.25, -0.2) is 4.98 Å². The predicted molar refractivity (Wildman–Crippen MR) is 72.3 cm³/mol. The Bertz CT molecular complexity index is 528. The third-order valence-electron chi connectivity index (χ3n) is 2.89. The van der Waals surface area contributed by atoms with Crippen LogP contribution in [-0.4, -0.2) is 12.1 Å². The van der Waals surface area contributed by atoms with Crippen LogP contribution in [0.5, 0.6) is 5.75 Å². The highest BCUT2D eigenvalue weighted by Gasteiger charge is 2.10. The summed E-state index contributed by atoms with van der Waals surface area (Å²) in [7, 11) is 1.64. The summed E-state index contributed by atoms with van der Waals surface area (Å²) >= 11 is 0. The van der Waals surface area contributed by atoms with Crippen molar-refractivity contribution in [2.45, 2.75) is 12.5 Å². The van der Waals surface area contributed by atoms with Gasteiger partial charge in [0, 0.05) is 12.2 Å². The first kappa shape index (κ1) is 12.4. The fourth-order valence-corrected chi connectivity index (χ4v) is 1.85. The van der Waals surface area contributed by atoms with Gasteiger partial charge in [-0.2, -0.15) is 0 Å². The number of nitrogens with zero attached hydrogens (tertiary/aromatic N) is 1. The molecule has 18 heavy (non-hydrogen) atoms. The molecule has 1 aromatic carbocycles. The first-order chi connectivity index (χ1) is 8.70. The lowest BCUT2D eigenvalue weighted by atomic mass is 10.00. The Labute approximate surface area is 107 Å². The molecule has 0 aliphatic carbocycles. The summed E-state index contributed by atoms with van der Waals surface area (Å²) in [6, 6.07) is 11.4. The molecule has 0 saturated heterocycles. The Balaban J connectivity index is 2.16. The number of benzene rings is 1. The maximum Gasteiger partial charge on any atom is 0.126 e. The van der Waals surface area contributed by atoms with Gasteiger partial charge in [0.1, 0.15) is 11.6 Å². The van der Waals surface area contributed by atoms with Crippen LogP contribution >= 0.6 is 0 Å². The number of hydrogen-bond acceptors (Lipinski definition) is 4. The number of nitrogens with two attached hydrogens (primary N) is 2. The second-order valence-electron chi connectivity index (χ2n) is 4.13. The average molecular weight is 243 g/mol. The van der Waals surface area contributed by atoms with E-state index in [4.69, 9.17) is 16.2 Å². The molecule has 0 bridgehead atoms. The Kier molecular flexibility index (Phi) is 3.79. The van der Waals surface area contributed by atoms with Crippen molar-refractivity contribution < 1.29 is 4.74 Å². The molecule has 4 nitrogen and oxygen atoms in total. The van der Waals surface area contributed by atoms with Gasteiger partial charge in [-0.1, -0.05) is 18.2 Å². The van der Waals surface area contributed by atoms with Crippen molar-refractivity contribution >= 4 is 5.82 Å². The van der Waals surface area contributed by atoms with Gasteiger partial charge in [-0.3, -0.25) is 0 Å². The van der Waals surface area contributed by atoms with E-state index in [1.165, 1.54) is 0 Å². The lowest BCUT2D eigenvalue weighted by molar-refractivity contribution is 0.414. The van der Waals surface area contributed by atoms with Gasteiger partial charge in [0.25, 0.3) is 0 Å². The van der Waals surface area contributed by atoms with Gasteiger partial charge < -0.3 is 16.2 Å². The number of anilines is 1. The van der Waals surface area contributed by atoms with E-state index in [9.17, 15) is 0 Å². The van der Waals surface area contributed by atoms with Crippen LogP contribution in [0.4, 0.5) is 5.82 Å². The van der Waals surface area contributed by atoms with Gasteiger partial charge in [0.15, 0.2) is 0 Å². The van der Waals surface area contributed by atoms with Gasteiger partial charge in [0.2, 0.25) is 0 Å². The summed E-state index contributed by atoms with van der Waals surface area (Å²) in [6.07, 6.45) is 2.34. The molecule has 94 valence electrons. The highest BCUT2D eigenvalue weighted by Crippen LogP contribution is 2.22. The summed E-state index contributed by atoms with van der Waals surface area (Å²) in [6.45, 7) is 0. The molecule has 0 fully saturated rings. The number of pyridine rings is 1. The van der Waals surface area contributed by atoms with Crippen molar-refractivity contribution in [2.24, 2.45) is 5.73 Å². The molecule has 0 aliphatic rings. The topological polar surface area (TPSA) is 74.2 Å². The van der Waals surface area contributed by atoms with Gasteiger partial charge in [-0.05, 0) is 35.7 Å². The van der Waals surface area contributed by atoms with Crippen LogP contribution in [0.25, 0.3) is 0 Å². The molecular weight excluding hydrogens is 226 g/mol. The van der Waals surface area contributed by atoms with E-state index >= 15 is 0 Å². The fraction of sp³-hybridized carbons (Fsp3) is 0.214. The van der Waals surface area contributed by atoms with Crippen LogP contribution in [0, 0.1) is 0 Å². The second-order valence-corrected chi connectivity index (χ2v) is 4.13. The minimum Gasteiger partial charge on any atom is -0.497 e. The fourth-order valence-electron chi connectivity index (χ4n) is 1.85. The summed E-state index contributed by atoms with van der Waals surface area (Å²) < 4.78 is 5.19. The SMILES string of the molecule is COc1cccc(C(N)Cc2cccnc2N)c1. The zero-order valence-corrected chi connectivity index (χ0v) is 10.3. The standard InChI is InChI=1S/C14H17N3O/c1-18-12-6-2-4-10(8-12)13(15)9-11-5-3-7-17-14(11)16/h2-8,13H,9,15H2,1H3,(H2,16,17). The molecule has 0 amide bonds. The lowest BCUT2D eigenvalue weighted by Gasteiger charge is -2.14. The van der Waals surface area contributed by atoms with Crippen LogP contribution in [-0.2, 0) is 6.42 Å². The molecule has 0 aliphatic heterocycles. The summed E-state index contributed by atoms with van der Waals surface area (Å²) in [5.74, 6) is 1.35. The molecule has 0 radical (unpaired) electrons. The number of aromatic nitrogens is 1. The molecule has 1 aromatic heterocycles. The van der Waals surface area contributed by atoms with Crippen molar-refractivity contribution in [2.75, 3.05) is 12.8 Å². The summed E-state index contributed by atoms with van der Waals surface area (Å²) in [5.41, 5.74) is 14.0. The molecule has 2 aromatic rings. The van der Waals surface area contributed by atoms with Crippen molar-refractivity contribution in [3.8, 4) is 5.75 Å². The second kappa shape index (κ2) is 5.51. The smallest absolute Gasteiger partial charge is 0.126 e. The van der Waals surface area contributed by atoms with Crippen LogP contribution < -0.4 is 16.2 Å². The maximum atomic E-state index is 6.18. The monoisotopic (exact) mass is 243 g/mol. The van der Waals surface area contributed by atoms with E-state index in [1.54, 1.807) is 13.3 Å². The van der Waals surface area contributed by atoms with E-state index in [0.717, 1.165) is 16.9 Å². The minimum absolute atomic E-state index is 0.119. The van der Waals surface area contributed by atoms with Gasteiger partial charge in [0.05, 0.1) is 7.11 Å². The van der Waals surface area contributed by atoms with Crippen LogP contribution in [0.3, 0.4) is 0 Å². The quantitative estimate of drug-likeness (QED) is 0.860. The molecule has 1 heterocycles. The van der Waals surface area contributed by atoms with E-state index in [0.29, 0.717) is 12.2 Å². The normalized spacial score (nSPS) is 12.1. The molecule has 1 unspecified atom stereocenters. The van der Waals surface area contributed by atoms with Crippen LogP contribution in [0.2, 0.25) is 0 Å². The number of rotatable bonds is 4. The zero-order valence-electron chi connectivity index (χ0n) is 10.3. The zero-order chi connectivity index (χ0) is 13.0. The molecule has 0 saturated carbocycles. The van der Waals surface area contributed by atoms with Crippen molar-refractivity contribution in [1.82, 2.24) is 4.98 Å². The minimum atomic E-state index is -0.119. The Hall–Kier alpha value is -2.07. The highest BCUT2D eigenvalue weighted by atomic mass is 16.5. The number of methoxy groups -OCH3 is 1. The maximum absolute atomic E-state index is 6.18. The number of ether oxygens (including phenoxy) is 1. The predicted octanol–water partition coefficient (Wildman–Crippen LogP) is 1.91. The first-order valence-electron chi connectivity index (χ1n) is 5.79.